The maximum absolute atomic E-state index is 14.3. The number of para-hydroxylation sites is 1. The third kappa shape index (κ3) is 21.5. The number of aliphatic hydroxyl groups is 2. The largest absolute Gasteiger partial charge is 0.508 e. The van der Waals surface area contributed by atoms with Gasteiger partial charge in [-0.15, -0.1) is 5.48 Å². The minimum atomic E-state index is -1.59. The van der Waals surface area contributed by atoms with Gasteiger partial charge in [0.2, 0.25) is 35.4 Å². The van der Waals surface area contributed by atoms with Crippen LogP contribution in [-0.4, -0.2) is 139 Å². The molecular weight excluding hydrogens is 1150 g/mol. The van der Waals surface area contributed by atoms with Gasteiger partial charge in [-0.3, -0.25) is 28.8 Å². The molecule has 0 radical (unpaired) electrons. The van der Waals surface area contributed by atoms with E-state index in [1.807, 2.05) is 50.2 Å². The second-order valence-corrected chi connectivity index (χ2v) is 26.9. The number of H-pyrrole nitrogens is 1. The molecule has 0 saturated carbocycles. The molecule has 1 fully saturated rings. The van der Waals surface area contributed by atoms with Crippen molar-refractivity contribution in [3.8, 4) is 17.2 Å². The zero-order valence-corrected chi connectivity index (χ0v) is 54.6. The number of fused-ring (bicyclic) bond motifs is 2. The molecule has 0 spiro atoms. The molecule has 3 aromatic carbocycles. The number of phenolic OH excluding ortho intramolecular Hbond substituents is 1. The predicted molar refractivity (Wildman–Crippen MR) is 345 cm³/mol. The Bertz CT molecular complexity index is 3000. The zero-order chi connectivity index (χ0) is 65.8. The number of carbonyl (C=O) groups is 7. The van der Waals surface area contributed by atoms with Gasteiger partial charge in [-0.05, 0) is 141 Å². The van der Waals surface area contributed by atoms with Crippen LogP contribution < -0.4 is 41.6 Å². The van der Waals surface area contributed by atoms with Crippen LogP contribution in [0.4, 0.5) is 0 Å². The zero-order valence-electron chi connectivity index (χ0n) is 54.6. The number of benzene rings is 3. The van der Waals surface area contributed by atoms with Gasteiger partial charge in [-0.25, -0.2) is 4.79 Å². The Labute approximate surface area is 531 Å². The summed E-state index contributed by atoms with van der Waals surface area (Å²) in [5.41, 5.74) is 5.53. The number of ether oxygens (including phenoxy) is 1. The van der Waals surface area contributed by atoms with Crippen LogP contribution in [0, 0.1) is 29.6 Å². The molecule has 496 valence electrons. The van der Waals surface area contributed by atoms with E-state index in [1.54, 1.807) is 26.1 Å². The number of hydroxylamine groups is 1. The number of carboxylic acids is 1. The van der Waals surface area contributed by atoms with E-state index in [9.17, 15) is 54.0 Å². The lowest BCUT2D eigenvalue weighted by Gasteiger charge is -2.36. The second-order valence-electron chi connectivity index (χ2n) is 26.9. The first-order valence-corrected chi connectivity index (χ1v) is 32.7. The summed E-state index contributed by atoms with van der Waals surface area (Å²) in [6.45, 7) is 19.1. The van der Waals surface area contributed by atoms with Crippen molar-refractivity contribution in [2.45, 2.75) is 226 Å². The van der Waals surface area contributed by atoms with Gasteiger partial charge in [0.05, 0.1) is 12.7 Å². The van der Waals surface area contributed by atoms with E-state index < -0.39 is 102 Å². The van der Waals surface area contributed by atoms with Gasteiger partial charge in [0.25, 0.3) is 0 Å². The molecule has 2 aliphatic rings. The SMILES string of the molecule is CC(C)CCCC(C)CCCC(C)CCCC1(C)CCc2cc(ON[C@@H](CC(C)C)C(=O)N[C@H](C(=O)N[C@H](C(=O)N[C@@H](CO)C(=O)N3CCC[C@H]3C(=O)N[C@@H](Cc3c[nH]c4ccccc34)C(=O)N[C@@H](Cc3ccc(O)cc3)C(=O)O)C(C)C)[C@@H](C)O)ccc2O1. The number of aromatic amines is 1. The van der Waals surface area contributed by atoms with Crippen LogP contribution in [0.25, 0.3) is 10.9 Å². The maximum atomic E-state index is 14.3. The average Bonchev–Trinajstić information content (AvgIpc) is 1.91. The summed E-state index contributed by atoms with van der Waals surface area (Å²) in [7, 11) is 0. The summed E-state index contributed by atoms with van der Waals surface area (Å²) in [5, 5.41) is 55.4. The lowest BCUT2D eigenvalue weighted by atomic mass is 9.86. The Balaban J connectivity index is 1.03. The van der Waals surface area contributed by atoms with Crippen LogP contribution in [0.1, 0.15) is 169 Å². The topological polar surface area (TPSA) is 310 Å². The molecule has 4 aromatic rings. The summed E-state index contributed by atoms with van der Waals surface area (Å²) < 4.78 is 6.62. The molecule has 11 atom stereocenters. The second kappa shape index (κ2) is 34.3. The minimum Gasteiger partial charge on any atom is -0.508 e. The fourth-order valence-corrected chi connectivity index (χ4v) is 12.2. The molecule has 2 aliphatic heterocycles. The normalized spacial score (nSPS) is 18.7. The Hall–Kier alpha value is -7.23. The highest BCUT2D eigenvalue weighted by atomic mass is 16.6. The number of phenols is 1. The van der Waals surface area contributed by atoms with Crippen LogP contribution in [0.15, 0.2) is 72.9 Å². The van der Waals surface area contributed by atoms with Crippen molar-refractivity contribution in [3.63, 3.8) is 0 Å². The number of aromatic nitrogens is 1. The van der Waals surface area contributed by atoms with Crippen molar-refractivity contribution < 1.29 is 63.6 Å². The number of rotatable bonds is 36. The van der Waals surface area contributed by atoms with E-state index in [0.717, 1.165) is 59.7 Å². The Morgan fingerprint density at radius 3 is 1.99 bits per heavy atom. The highest BCUT2D eigenvalue weighted by Crippen LogP contribution is 2.38. The number of hydrogen-bond acceptors (Lipinski definition) is 13. The van der Waals surface area contributed by atoms with E-state index in [-0.39, 0.29) is 49.5 Å². The Morgan fingerprint density at radius 1 is 0.711 bits per heavy atom. The van der Waals surface area contributed by atoms with Gasteiger partial charge >= 0.3 is 5.97 Å². The predicted octanol–water partition coefficient (Wildman–Crippen LogP) is 7.71. The number of nitrogens with one attached hydrogen (secondary N) is 7. The van der Waals surface area contributed by atoms with E-state index in [4.69, 9.17) is 9.57 Å². The lowest BCUT2D eigenvalue weighted by molar-refractivity contribution is -0.144. The van der Waals surface area contributed by atoms with E-state index in [0.29, 0.717) is 29.2 Å². The van der Waals surface area contributed by atoms with E-state index >= 15 is 0 Å². The van der Waals surface area contributed by atoms with Crippen LogP contribution >= 0.6 is 0 Å². The van der Waals surface area contributed by atoms with Crippen LogP contribution in [-0.2, 0) is 52.8 Å². The lowest BCUT2D eigenvalue weighted by Crippen LogP contribution is -2.62. The maximum Gasteiger partial charge on any atom is 0.326 e. The molecule has 1 saturated heterocycles. The number of amides is 6. The van der Waals surface area contributed by atoms with Crippen LogP contribution in [0.2, 0.25) is 0 Å². The van der Waals surface area contributed by atoms with Gasteiger partial charge in [-0.1, -0.05) is 131 Å². The third-order valence-electron chi connectivity index (χ3n) is 17.6. The molecular formula is C69H102N8O13. The molecule has 21 heteroatoms. The molecule has 21 nitrogen and oxygen atoms in total. The smallest absolute Gasteiger partial charge is 0.326 e. The first-order chi connectivity index (χ1) is 42.7. The van der Waals surface area contributed by atoms with Gasteiger partial charge in [0.1, 0.15) is 65.1 Å². The molecule has 90 heavy (non-hydrogen) atoms. The number of aliphatic carboxylic acids is 1. The summed E-state index contributed by atoms with van der Waals surface area (Å²) in [6.07, 6.45) is 13.5. The number of aryl methyl sites for hydroxylation is 1. The van der Waals surface area contributed by atoms with E-state index in [2.05, 4.69) is 71.7 Å². The summed E-state index contributed by atoms with van der Waals surface area (Å²) >= 11 is 0. The molecule has 6 amide bonds. The minimum absolute atomic E-state index is 0.00949. The first kappa shape index (κ1) is 71.8. The molecule has 6 rings (SSSR count). The molecule has 0 aliphatic carbocycles. The molecule has 3 heterocycles. The number of carbonyl (C=O) groups excluding carboxylic acids is 6. The van der Waals surface area contributed by atoms with Gasteiger partial charge in [0.15, 0.2) is 0 Å². The number of aliphatic hydroxyl groups excluding tert-OH is 2. The third-order valence-corrected chi connectivity index (χ3v) is 17.6. The number of aromatic hydroxyl groups is 1. The summed E-state index contributed by atoms with van der Waals surface area (Å²) in [6, 6.07) is 9.35. The highest BCUT2D eigenvalue weighted by molar-refractivity contribution is 5.98. The van der Waals surface area contributed by atoms with Crippen molar-refractivity contribution in [2.75, 3.05) is 13.2 Å². The van der Waals surface area contributed by atoms with E-state index in [1.165, 1.54) is 81.0 Å². The van der Waals surface area contributed by atoms with Gasteiger partial charge < -0.3 is 66.5 Å². The monoisotopic (exact) mass is 1250 g/mol. The van der Waals surface area contributed by atoms with Crippen molar-refractivity contribution in [3.05, 3.63) is 89.6 Å². The van der Waals surface area contributed by atoms with Crippen molar-refractivity contribution >= 4 is 52.3 Å². The van der Waals surface area contributed by atoms with Gasteiger partial charge in [-0.2, -0.15) is 0 Å². The van der Waals surface area contributed by atoms with Crippen molar-refractivity contribution in [2.24, 2.45) is 29.6 Å². The van der Waals surface area contributed by atoms with Gasteiger partial charge in [0, 0.05) is 36.5 Å². The highest BCUT2D eigenvalue weighted by Gasteiger charge is 2.41. The molecule has 1 aromatic heterocycles. The number of carboxylic acid groups (broad SMARTS) is 1. The standard InChI is InChI=1S/C69H102N8O13/c1-41(2)17-13-18-44(7)19-14-20-45(8)21-15-32-69(10)33-31-48-37-51(29-30-59(48)89-69)90-76-55(35-42(3)4)63(82)75-61(46(9)79)66(85)74-60(43(5)6)65(84)73-57(40-78)67(86)77-34-16-24-58(77)64(83)71-54(38-49-39-70-53-23-12-11-22-52(49)53)62(81)72-56(68(87)88)36-47-25-27-50(80)28-26-47/h11-12,22-23,25-30,37,39,41-46,54-58,60-61,70,76,78-80H,13-21,24,31-36,38,40H2,1-10H3,(H,71,83)(H,72,81)(H,73,84)(H,74,85)(H,75,82)(H,87,88)/t44?,45?,46-,54+,55+,56+,57+,58+,60+,61+,69?/m1/s1. The summed E-state index contributed by atoms with van der Waals surface area (Å²) in [4.78, 5) is 108. The Kier molecular flexibility index (Phi) is 27.4. The molecule has 0 bridgehead atoms. The quantitative estimate of drug-likeness (QED) is 0.0195. The number of likely N-dealkylation sites (tertiary alicyclic amines) is 1. The number of nitrogens with zero attached hydrogens (tertiary/aromatic N) is 1. The molecule has 11 N–H and O–H groups in total. The first-order valence-electron chi connectivity index (χ1n) is 32.7. The fourth-order valence-electron chi connectivity index (χ4n) is 12.2. The molecule has 3 unspecified atom stereocenters. The Morgan fingerprint density at radius 2 is 1.34 bits per heavy atom. The average molecular weight is 1250 g/mol. The van der Waals surface area contributed by atoms with Crippen molar-refractivity contribution in [1.82, 2.24) is 41.9 Å². The fraction of sp³-hybridized carbons (Fsp3) is 0.609. The van der Waals surface area contributed by atoms with Crippen molar-refractivity contribution in [1.29, 1.82) is 0 Å². The van der Waals surface area contributed by atoms with Crippen LogP contribution in [0.3, 0.4) is 0 Å². The van der Waals surface area contributed by atoms with Crippen LogP contribution in [0.5, 0.6) is 17.2 Å². The summed E-state index contributed by atoms with van der Waals surface area (Å²) in [5.74, 6) is -3.25. The number of hydrogen-bond donors (Lipinski definition) is 11.